The van der Waals surface area contributed by atoms with Gasteiger partial charge >= 0.3 is 0 Å². The van der Waals surface area contributed by atoms with Crippen molar-refractivity contribution in [2.75, 3.05) is 16.4 Å². The first-order chi connectivity index (χ1) is 9.07. The van der Waals surface area contributed by atoms with E-state index in [1.54, 1.807) is 13.8 Å². The van der Waals surface area contributed by atoms with E-state index in [1.807, 2.05) is 0 Å². The number of aryl methyl sites for hydroxylation is 1. The van der Waals surface area contributed by atoms with Gasteiger partial charge in [0.15, 0.2) is 0 Å². The summed E-state index contributed by atoms with van der Waals surface area (Å²) in [5.41, 5.74) is 1.49. The Kier molecular flexibility index (Phi) is 5.42. The number of sulfonamides is 2. The molecule has 0 unspecified atom stereocenters. The lowest BCUT2D eigenvalue weighted by molar-refractivity contribution is 0.596. The fraction of sp³-hybridized carbons (Fsp3) is 0.455. The van der Waals surface area contributed by atoms with Gasteiger partial charge in [0.2, 0.25) is 20.0 Å². The zero-order valence-electron chi connectivity index (χ0n) is 11.2. The molecular weight excluding hydrogens is 324 g/mol. The van der Waals surface area contributed by atoms with Crippen molar-refractivity contribution in [3.8, 4) is 0 Å². The summed E-state index contributed by atoms with van der Waals surface area (Å²) < 4.78 is 48.8. The van der Waals surface area contributed by atoms with Gasteiger partial charge < -0.3 is 0 Å². The number of nitrogens with one attached hydrogen (secondary N) is 1. The molecule has 0 radical (unpaired) electrons. The number of anilines is 1. The predicted octanol–water partition coefficient (Wildman–Crippen LogP) is 1.32. The third kappa shape index (κ3) is 4.62. The van der Waals surface area contributed by atoms with Gasteiger partial charge in [0.1, 0.15) is 0 Å². The molecule has 9 heteroatoms. The average molecular weight is 341 g/mol. The zero-order valence-corrected chi connectivity index (χ0v) is 13.6. The number of rotatable bonds is 6. The standard InChI is InChI=1S/C11H17ClN2O4S2/c1-8-6-10(20(13,17)18)7-11(9(8)2)14-19(15,16)5-3-4-12/h6-7,14H,3-5H2,1-2H3,(H2,13,17,18). The summed E-state index contributed by atoms with van der Waals surface area (Å²) in [7, 11) is -7.46. The molecule has 0 aromatic heterocycles. The maximum atomic E-state index is 11.8. The maximum absolute atomic E-state index is 11.8. The predicted molar refractivity (Wildman–Crippen MR) is 80.0 cm³/mol. The first-order valence-corrected chi connectivity index (χ1v) is 9.50. The van der Waals surface area contributed by atoms with Crippen molar-refractivity contribution < 1.29 is 16.8 Å². The first-order valence-electron chi connectivity index (χ1n) is 5.77. The van der Waals surface area contributed by atoms with E-state index in [0.717, 1.165) is 0 Å². The van der Waals surface area contributed by atoms with E-state index in [-0.39, 0.29) is 22.2 Å². The van der Waals surface area contributed by atoms with Crippen molar-refractivity contribution in [3.63, 3.8) is 0 Å². The minimum Gasteiger partial charge on any atom is -0.283 e. The molecule has 20 heavy (non-hydrogen) atoms. The Morgan fingerprint density at radius 3 is 2.30 bits per heavy atom. The van der Waals surface area contributed by atoms with Crippen molar-refractivity contribution in [2.24, 2.45) is 5.14 Å². The van der Waals surface area contributed by atoms with Crippen LogP contribution < -0.4 is 9.86 Å². The van der Waals surface area contributed by atoms with Crippen molar-refractivity contribution in [1.29, 1.82) is 0 Å². The van der Waals surface area contributed by atoms with Gasteiger partial charge in [-0.2, -0.15) is 0 Å². The topological polar surface area (TPSA) is 106 Å². The zero-order chi connectivity index (χ0) is 15.6. The van der Waals surface area contributed by atoms with Crippen LogP contribution in [0.15, 0.2) is 17.0 Å². The second-order valence-corrected chi connectivity index (χ2v) is 8.20. The molecule has 0 aliphatic heterocycles. The number of benzene rings is 1. The molecule has 3 N–H and O–H groups in total. The van der Waals surface area contributed by atoms with Crippen LogP contribution >= 0.6 is 11.6 Å². The molecule has 0 spiro atoms. The van der Waals surface area contributed by atoms with E-state index >= 15 is 0 Å². The summed E-state index contributed by atoms with van der Waals surface area (Å²) in [5, 5.41) is 5.07. The Hall–Kier alpha value is -0.830. The van der Waals surface area contributed by atoms with Crippen LogP contribution in [0.2, 0.25) is 0 Å². The van der Waals surface area contributed by atoms with Crippen LogP contribution in [-0.2, 0) is 20.0 Å². The minimum absolute atomic E-state index is 0.129. The molecule has 1 rings (SSSR count). The Labute approximate surface area is 124 Å². The second kappa shape index (κ2) is 6.30. The molecule has 0 aliphatic rings. The van der Waals surface area contributed by atoms with Gasteiger partial charge in [0.05, 0.1) is 16.3 Å². The molecule has 114 valence electrons. The summed E-state index contributed by atoms with van der Waals surface area (Å²) >= 11 is 5.46. The quantitative estimate of drug-likeness (QED) is 0.761. The molecule has 0 fully saturated rings. The monoisotopic (exact) mass is 340 g/mol. The van der Waals surface area contributed by atoms with E-state index in [4.69, 9.17) is 16.7 Å². The smallest absolute Gasteiger partial charge is 0.238 e. The third-order valence-corrected chi connectivity index (χ3v) is 5.30. The van der Waals surface area contributed by atoms with Crippen LogP contribution in [0.4, 0.5) is 5.69 Å². The molecular formula is C11H17ClN2O4S2. The molecule has 0 bridgehead atoms. The molecule has 0 atom stereocenters. The molecule has 0 heterocycles. The SMILES string of the molecule is Cc1cc(S(N)(=O)=O)cc(NS(=O)(=O)CCCCl)c1C. The molecule has 0 saturated carbocycles. The van der Waals surface area contributed by atoms with Crippen molar-refractivity contribution >= 4 is 37.3 Å². The lowest BCUT2D eigenvalue weighted by atomic mass is 10.1. The molecule has 0 saturated heterocycles. The van der Waals surface area contributed by atoms with Gasteiger partial charge in [-0.3, -0.25) is 4.72 Å². The number of alkyl halides is 1. The maximum Gasteiger partial charge on any atom is 0.238 e. The highest BCUT2D eigenvalue weighted by molar-refractivity contribution is 7.92. The van der Waals surface area contributed by atoms with Gasteiger partial charge in [-0.15, -0.1) is 11.6 Å². The van der Waals surface area contributed by atoms with Crippen LogP contribution in [0.3, 0.4) is 0 Å². The Balaban J connectivity index is 3.22. The van der Waals surface area contributed by atoms with Crippen molar-refractivity contribution in [3.05, 3.63) is 23.3 Å². The number of nitrogens with two attached hydrogens (primary N) is 1. The molecule has 0 amide bonds. The van der Waals surface area contributed by atoms with Gasteiger partial charge in [-0.25, -0.2) is 22.0 Å². The third-order valence-electron chi connectivity index (χ3n) is 2.78. The highest BCUT2D eigenvalue weighted by Crippen LogP contribution is 2.24. The largest absolute Gasteiger partial charge is 0.283 e. The van der Waals surface area contributed by atoms with E-state index in [1.165, 1.54) is 12.1 Å². The van der Waals surface area contributed by atoms with Crippen LogP contribution in [0.5, 0.6) is 0 Å². The summed E-state index contributed by atoms with van der Waals surface area (Å²) in [4.78, 5) is -0.129. The molecule has 1 aromatic carbocycles. The van der Waals surface area contributed by atoms with Crippen LogP contribution in [-0.4, -0.2) is 28.5 Å². The number of halogens is 1. The number of hydrogen-bond donors (Lipinski definition) is 2. The number of hydrogen-bond acceptors (Lipinski definition) is 4. The summed E-state index contributed by atoms with van der Waals surface area (Å²) in [6.07, 6.45) is 0.309. The van der Waals surface area contributed by atoms with E-state index < -0.39 is 20.0 Å². The Morgan fingerprint density at radius 1 is 1.20 bits per heavy atom. The molecule has 1 aromatic rings. The minimum atomic E-state index is -3.89. The normalized spacial score (nSPS) is 12.4. The van der Waals surface area contributed by atoms with Crippen molar-refractivity contribution in [2.45, 2.75) is 25.2 Å². The van der Waals surface area contributed by atoms with E-state index in [9.17, 15) is 16.8 Å². The average Bonchev–Trinajstić information content (AvgIpc) is 2.30. The van der Waals surface area contributed by atoms with Crippen LogP contribution in [0.25, 0.3) is 0 Å². The fourth-order valence-corrected chi connectivity index (χ4v) is 3.65. The second-order valence-electron chi connectivity index (χ2n) is 4.42. The summed E-state index contributed by atoms with van der Waals surface area (Å²) in [6.45, 7) is 3.38. The summed E-state index contributed by atoms with van der Waals surface area (Å²) in [5.74, 6) is 0.102. The van der Waals surface area contributed by atoms with E-state index in [0.29, 0.717) is 17.5 Å². The molecule has 0 aliphatic carbocycles. The highest BCUT2D eigenvalue weighted by Gasteiger charge is 2.16. The highest BCUT2D eigenvalue weighted by atomic mass is 35.5. The lowest BCUT2D eigenvalue weighted by Crippen LogP contribution is -2.19. The van der Waals surface area contributed by atoms with E-state index in [2.05, 4.69) is 4.72 Å². The lowest BCUT2D eigenvalue weighted by Gasteiger charge is -2.13. The van der Waals surface area contributed by atoms with Crippen LogP contribution in [0, 0.1) is 13.8 Å². The molecule has 6 nitrogen and oxygen atoms in total. The van der Waals surface area contributed by atoms with Crippen molar-refractivity contribution in [1.82, 2.24) is 0 Å². The van der Waals surface area contributed by atoms with Gasteiger partial charge in [0, 0.05) is 5.88 Å². The van der Waals surface area contributed by atoms with Gasteiger partial charge in [-0.1, -0.05) is 0 Å². The number of primary sulfonamides is 1. The van der Waals surface area contributed by atoms with Gasteiger partial charge in [0.25, 0.3) is 0 Å². The van der Waals surface area contributed by atoms with Gasteiger partial charge in [-0.05, 0) is 43.5 Å². The summed E-state index contributed by atoms with van der Waals surface area (Å²) in [6, 6.07) is 2.62. The Morgan fingerprint density at radius 2 is 1.80 bits per heavy atom. The van der Waals surface area contributed by atoms with Crippen LogP contribution in [0.1, 0.15) is 17.5 Å². The fourth-order valence-electron chi connectivity index (χ4n) is 1.56. The Bertz CT molecular complexity index is 699. The first kappa shape index (κ1) is 17.2.